The molecule has 0 saturated carbocycles. The molecule has 0 amide bonds. The summed E-state index contributed by atoms with van der Waals surface area (Å²) in [5.74, 6) is -0.456. The smallest absolute Gasteiger partial charge is 0.340 e. The Kier molecular flexibility index (Phi) is 4.38. The lowest BCUT2D eigenvalue weighted by Gasteiger charge is -2.14. The molecule has 0 aliphatic rings. The minimum absolute atomic E-state index is 0.347. The minimum atomic E-state index is -0.456. The van der Waals surface area contributed by atoms with Crippen molar-refractivity contribution >= 4 is 34.6 Å². The Labute approximate surface area is 128 Å². The molecule has 2 rings (SSSR count). The fourth-order valence-corrected chi connectivity index (χ4v) is 2.22. The number of esters is 1. The molecular formula is C16H17ClN2O2. The first-order valence-corrected chi connectivity index (χ1v) is 6.82. The largest absolute Gasteiger partial charge is 0.465 e. The molecular weight excluding hydrogens is 288 g/mol. The number of methoxy groups -OCH3 is 1. The topological polar surface area (TPSA) is 64.3 Å². The van der Waals surface area contributed by atoms with Crippen molar-refractivity contribution < 1.29 is 9.53 Å². The van der Waals surface area contributed by atoms with Crippen LogP contribution in [-0.2, 0) is 4.74 Å². The first kappa shape index (κ1) is 15.2. The first-order chi connectivity index (χ1) is 9.93. The third-order valence-corrected chi connectivity index (χ3v) is 3.75. The van der Waals surface area contributed by atoms with E-state index in [4.69, 9.17) is 22.1 Å². The maximum Gasteiger partial charge on any atom is 0.340 e. The number of nitrogens with two attached hydrogens (primary N) is 1. The van der Waals surface area contributed by atoms with Gasteiger partial charge in [-0.3, -0.25) is 0 Å². The highest BCUT2D eigenvalue weighted by Crippen LogP contribution is 2.29. The summed E-state index contributed by atoms with van der Waals surface area (Å²) in [6.07, 6.45) is 0. The number of rotatable bonds is 3. The number of benzene rings is 2. The van der Waals surface area contributed by atoms with Crippen LogP contribution in [0.5, 0.6) is 0 Å². The number of carbonyl (C=O) groups excluding carboxylic acids is 1. The molecule has 0 unspecified atom stereocenters. The maximum absolute atomic E-state index is 11.8. The molecule has 2 aromatic rings. The second-order valence-corrected chi connectivity index (χ2v) is 5.19. The van der Waals surface area contributed by atoms with Gasteiger partial charge in [-0.05, 0) is 49.2 Å². The van der Waals surface area contributed by atoms with E-state index in [-0.39, 0.29) is 0 Å². The van der Waals surface area contributed by atoms with Gasteiger partial charge in [-0.2, -0.15) is 0 Å². The fourth-order valence-electron chi connectivity index (χ4n) is 2.05. The van der Waals surface area contributed by atoms with E-state index in [9.17, 15) is 4.79 Å². The molecule has 0 heterocycles. The van der Waals surface area contributed by atoms with Crippen LogP contribution in [0.3, 0.4) is 0 Å². The molecule has 3 N–H and O–H groups in total. The van der Waals surface area contributed by atoms with Crippen molar-refractivity contribution in [3.8, 4) is 0 Å². The summed E-state index contributed by atoms with van der Waals surface area (Å²) in [5.41, 5.74) is 10.1. The van der Waals surface area contributed by atoms with E-state index in [1.165, 1.54) is 7.11 Å². The van der Waals surface area contributed by atoms with Crippen molar-refractivity contribution in [3.05, 3.63) is 52.0 Å². The SMILES string of the molecule is COC(=O)c1cc(Nc2cccc(Cl)c2C)cc(C)c1N. The molecule has 0 atom stereocenters. The quantitative estimate of drug-likeness (QED) is 0.663. The Hall–Kier alpha value is -2.20. The molecule has 4 nitrogen and oxygen atoms in total. The first-order valence-electron chi connectivity index (χ1n) is 6.44. The number of anilines is 3. The molecule has 0 bridgehead atoms. The Bertz CT molecular complexity index is 699. The average Bonchev–Trinajstić information content (AvgIpc) is 2.46. The van der Waals surface area contributed by atoms with Gasteiger partial charge < -0.3 is 15.8 Å². The van der Waals surface area contributed by atoms with Crippen LogP contribution < -0.4 is 11.1 Å². The van der Waals surface area contributed by atoms with Gasteiger partial charge in [0, 0.05) is 22.1 Å². The third kappa shape index (κ3) is 3.11. The lowest BCUT2D eigenvalue weighted by molar-refractivity contribution is 0.0602. The van der Waals surface area contributed by atoms with Crippen molar-refractivity contribution in [2.75, 3.05) is 18.2 Å². The number of carbonyl (C=O) groups is 1. The Balaban J connectivity index is 2.43. The molecule has 0 aliphatic heterocycles. The second kappa shape index (κ2) is 6.06. The summed E-state index contributed by atoms with van der Waals surface area (Å²) in [4.78, 5) is 11.8. The molecule has 0 aromatic heterocycles. The van der Waals surface area contributed by atoms with Gasteiger partial charge >= 0.3 is 5.97 Å². The van der Waals surface area contributed by atoms with Gasteiger partial charge in [-0.25, -0.2) is 4.79 Å². The normalized spacial score (nSPS) is 10.3. The standard InChI is InChI=1S/C16H17ClN2O2/c1-9-7-11(8-12(15(9)18)16(20)21-3)19-14-6-4-5-13(17)10(14)2/h4-8,19H,18H2,1-3H3. The summed E-state index contributed by atoms with van der Waals surface area (Å²) in [7, 11) is 1.33. The van der Waals surface area contributed by atoms with E-state index in [0.29, 0.717) is 16.3 Å². The lowest BCUT2D eigenvalue weighted by atomic mass is 10.1. The van der Waals surface area contributed by atoms with E-state index in [2.05, 4.69) is 5.32 Å². The van der Waals surface area contributed by atoms with Crippen LogP contribution in [0.1, 0.15) is 21.5 Å². The lowest BCUT2D eigenvalue weighted by Crippen LogP contribution is -2.08. The van der Waals surface area contributed by atoms with Gasteiger partial charge in [0.1, 0.15) is 0 Å². The van der Waals surface area contributed by atoms with Gasteiger partial charge in [-0.15, -0.1) is 0 Å². The Morgan fingerprint density at radius 2 is 2.00 bits per heavy atom. The third-order valence-electron chi connectivity index (χ3n) is 3.34. The van der Waals surface area contributed by atoms with E-state index >= 15 is 0 Å². The van der Waals surface area contributed by atoms with Crippen LogP contribution in [0.15, 0.2) is 30.3 Å². The maximum atomic E-state index is 11.8. The summed E-state index contributed by atoms with van der Waals surface area (Å²) >= 11 is 6.11. The highest BCUT2D eigenvalue weighted by molar-refractivity contribution is 6.31. The zero-order valence-corrected chi connectivity index (χ0v) is 12.9. The molecule has 2 aromatic carbocycles. The number of nitrogens with one attached hydrogen (secondary N) is 1. The number of aryl methyl sites for hydroxylation is 1. The molecule has 0 radical (unpaired) electrons. The summed E-state index contributed by atoms with van der Waals surface area (Å²) in [6.45, 7) is 3.77. The van der Waals surface area contributed by atoms with E-state index in [0.717, 1.165) is 22.5 Å². The van der Waals surface area contributed by atoms with Crippen LogP contribution in [0.25, 0.3) is 0 Å². The van der Waals surface area contributed by atoms with Crippen molar-refractivity contribution in [2.24, 2.45) is 0 Å². The molecule has 0 saturated heterocycles. The predicted molar refractivity (Wildman–Crippen MR) is 86.4 cm³/mol. The average molecular weight is 305 g/mol. The highest BCUT2D eigenvalue weighted by atomic mass is 35.5. The van der Waals surface area contributed by atoms with E-state index in [1.807, 2.05) is 38.1 Å². The number of hydrogen-bond donors (Lipinski definition) is 2. The monoisotopic (exact) mass is 304 g/mol. The predicted octanol–water partition coefficient (Wildman–Crippen LogP) is 4.07. The molecule has 5 heteroatoms. The van der Waals surface area contributed by atoms with Crippen LogP contribution in [-0.4, -0.2) is 13.1 Å². The van der Waals surface area contributed by atoms with Gasteiger partial charge in [0.15, 0.2) is 0 Å². The fraction of sp³-hybridized carbons (Fsp3) is 0.188. The molecule has 0 fully saturated rings. The summed E-state index contributed by atoms with van der Waals surface area (Å²) < 4.78 is 4.75. The highest BCUT2D eigenvalue weighted by Gasteiger charge is 2.14. The molecule has 110 valence electrons. The van der Waals surface area contributed by atoms with E-state index in [1.54, 1.807) is 6.07 Å². The van der Waals surface area contributed by atoms with Crippen LogP contribution in [0.4, 0.5) is 17.1 Å². The summed E-state index contributed by atoms with van der Waals surface area (Å²) in [5, 5.41) is 3.93. The zero-order chi connectivity index (χ0) is 15.6. The van der Waals surface area contributed by atoms with Gasteiger partial charge in [0.25, 0.3) is 0 Å². The van der Waals surface area contributed by atoms with Crippen molar-refractivity contribution in [3.63, 3.8) is 0 Å². The van der Waals surface area contributed by atoms with Crippen LogP contribution >= 0.6 is 11.6 Å². The second-order valence-electron chi connectivity index (χ2n) is 4.78. The van der Waals surface area contributed by atoms with Crippen molar-refractivity contribution in [1.82, 2.24) is 0 Å². The number of halogens is 1. The summed E-state index contributed by atoms with van der Waals surface area (Å²) in [6, 6.07) is 9.17. The van der Waals surface area contributed by atoms with E-state index < -0.39 is 5.97 Å². The van der Waals surface area contributed by atoms with Crippen LogP contribution in [0.2, 0.25) is 5.02 Å². The Morgan fingerprint density at radius 3 is 2.67 bits per heavy atom. The van der Waals surface area contributed by atoms with Gasteiger partial charge in [0.2, 0.25) is 0 Å². The number of hydrogen-bond acceptors (Lipinski definition) is 4. The van der Waals surface area contributed by atoms with Gasteiger partial charge in [-0.1, -0.05) is 17.7 Å². The molecule has 0 aliphatic carbocycles. The van der Waals surface area contributed by atoms with Crippen molar-refractivity contribution in [1.29, 1.82) is 0 Å². The van der Waals surface area contributed by atoms with Gasteiger partial charge in [0.05, 0.1) is 12.7 Å². The van der Waals surface area contributed by atoms with Crippen LogP contribution in [0, 0.1) is 13.8 Å². The molecule has 21 heavy (non-hydrogen) atoms. The van der Waals surface area contributed by atoms with Crippen molar-refractivity contribution in [2.45, 2.75) is 13.8 Å². The number of ether oxygens (including phenoxy) is 1. The number of nitrogen functional groups attached to an aromatic ring is 1. The zero-order valence-electron chi connectivity index (χ0n) is 12.2. The minimum Gasteiger partial charge on any atom is -0.465 e. The Morgan fingerprint density at radius 1 is 1.29 bits per heavy atom. The molecule has 0 spiro atoms.